The molecule has 2 aromatic rings. The van der Waals surface area contributed by atoms with Crippen LogP contribution in [0.15, 0.2) is 43.0 Å². The van der Waals surface area contributed by atoms with Crippen molar-refractivity contribution in [2.24, 2.45) is 5.73 Å². The Hall–Kier alpha value is -2.27. The van der Waals surface area contributed by atoms with Crippen molar-refractivity contribution in [3.63, 3.8) is 0 Å². The second kappa shape index (κ2) is 5.61. The molecule has 1 aromatic heterocycles. The Bertz CT molecular complexity index is 636. The molecule has 0 unspecified atom stereocenters. The van der Waals surface area contributed by atoms with Crippen molar-refractivity contribution in [3.05, 3.63) is 48.5 Å². The quantitative estimate of drug-likeness (QED) is 0.885. The van der Waals surface area contributed by atoms with E-state index in [1.54, 1.807) is 12.4 Å². The summed E-state index contributed by atoms with van der Waals surface area (Å²) in [5.74, 6) is -0.270. The first-order chi connectivity index (χ1) is 10.2. The van der Waals surface area contributed by atoms with Gasteiger partial charge >= 0.3 is 0 Å². The van der Waals surface area contributed by atoms with Crippen LogP contribution in [0.25, 0.3) is 11.1 Å². The number of benzene rings is 1. The molecule has 0 bridgehead atoms. The van der Waals surface area contributed by atoms with Crippen molar-refractivity contribution in [1.82, 2.24) is 15.3 Å². The van der Waals surface area contributed by atoms with Crippen LogP contribution in [-0.2, 0) is 11.2 Å². The number of hydrogen-bond donors (Lipinski definition) is 2. The number of nitrogens with zero attached hydrogens (tertiary/aromatic N) is 2. The van der Waals surface area contributed by atoms with Gasteiger partial charge in [0, 0.05) is 18.0 Å². The highest BCUT2D eigenvalue weighted by Gasteiger charge is 2.39. The van der Waals surface area contributed by atoms with Gasteiger partial charge in [-0.25, -0.2) is 9.97 Å². The lowest BCUT2D eigenvalue weighted by atomic mass is 9.88. The third-order valence-electron chi connectivity index (χ3n) is 4.04. The fourth-order valence-corrected chi connectivity index (χ4v) is 2.91. The number of nitrogens with two attached hydrogens (primary N) is 1. The second-order valence-corrected chi connectivity index (χ2v) is 5.48. The molecule has 1 amide bonds. The van der Waals surface area contributed by atoms with E-state index < -0.39 is 5.54 Å². The minimum atomic E-state index is -0.605. The van der Waals surface area contributed by atoms with Crippen LogP contribution in [0.1, 0.15) is 18.4 Å². The number of hydrogen-bond acceptors (Lipinski definition) is 4. The van der Waals surface area contributed by atoms with E-state index in [0.717, 1.165) is 36.1 Å². The number of carbonyl (C=O) groups excluding carboxylic acids is 1. The molecular weight excluding hydrogens is 264 g/mol. The van der Waals surface area contributed by atoms with E-state index in [1.807, 2.05) is 18.2 Å². The Balaban J connectivity index is 1.88. The van der Waals surface area contributed by atoms with E-state index in [-0.39, 0.29) is 5.91 Å². The molecule has 1 saturated heterocycles. The van der Waals surface area contributed by atoms with Gasteiger partial charge in [-0.05, 0) is 36.9 Å². The van der Waals surface area contributed by atoms with Crippen LogP contribution >= 0.6 is 0 Å². The highest BCUT2D eigenvalue weighted by molar-refractivity contribution is 5.85. The summed E-state index contributed by atoms with van der Waals surface area (Å²) >= 11 is 0. The number of amides is 1. The summed E-state index contributed by atoms with van der Waals surface area (Å²) in [5, 5.41) is 3.28. The maximum atomic E-state index is 11.8. The summed E-state index contributed by atoms with van der Waals surface area (Å²) in [4.78, 5) is 19.9. The lowest BCUT2D eigenvalue weighted by molar-refractivity contribution is -0.123. The molecular formula is C16H18N4O. The zero-order valence-corrected chi connectivity index (χ0v) is 11.7. The van der Waals surface area contributed by atoms with Gasteiger partial charge in [0.1, 0.15) is 11.9 Å². The maximum Gasteiger partial charge on any atom is 0.238 e. The molecule has 1 atom stereocenters. The zero-order valence-electron chi connectivity index (χ0n) is 11.7. The van der Waals surface area contributed by atoms with Crippen LogP contribution < -0.4 is 11.1 Å². The fraction of sp³-hybridized carbons (Fsp3) is 0.312. The largest absolute Gasteiger partial charge is 0.368 e. The Morgan fingerprint density at radius 3 is 2.76 bits per heavy atom. The second-order valence-electron chi connectivity index (χ2n) is 5.48. The molecule has 1 aromatic carbocycles. The van der Waals surface area contributed by atoms with Gasteiger partial charge in [-0.1, -0.05) is 24.3 Å². The van der Waals surface area contributed by atoms with E-state index in [1.165, 1.54) is 6.33 Å². The van der Waals surface area contributed by atoms with Gasteiger partial charge in [0.2, 0.25) is 5.91 Å². The molecule has 108 valence electrons. The van der Waals surface area contributed by atoms with Gasteiger partial charge in [0.05, 0.1) is 0 Å². The van der Waals surface area contributed by atoms with Crippen molar-refractivity contribution in [3.8, 4) is 11.1 Å². The average Bonchev–Trinajstić information content (AvgIpc) is 2.98. The molecule has 3 rings (SSSR count). The van der Waals surface area contributed by atoms with Crippen molar-refractivity contribution in [1.29, 1.82) is 0 Å². The number of primary amides is 1. The van der Waals surface area contributed by atoms with Crippen LogP contribution in [-0.4, -0.2) is 28.0 Å². The highest BCUT2D eigenvalue weighted by atomic mass is 16.1. The molecule has 1 aliphatic rings. The van der Waals surface area contributed by atoms with E-state index >= 15 is 0 Å². The SMILES string of the molecule is NC(=O)[C@]1(Cc2cccc(-c3cncnc3)c2)CCCN1. The summed E-state index contributed by atoms with van der Waals surface area (Å²) in [6.45, 7) is 0.842. The van der Waals surface area contributed by atoms with Gasteiger partial charge in [-0.2, -0.15) is 0 Å². The van der Waals surface area contributed by atoms with Gasteiger partial charge in [-0.15, -0.1) is 0 Å². The Morgan fingerprint density at radius 2 is 2.10 bits per heavy atom. The van der Waals surface area contributed by atoms with E-state index in [9.17, 15) is 4.79 Å². The molecule has 0 saturated carbocycles. The van der Waals surface area contributed by atoms with E-state index in [0.29, 0.717) is 6.42 Å². The molecule has 0 spiro atoms. The Kier molecular flexibility index (Phi) is 3.66. The number of nitrogens with one attached hydrogen (secondary N) is 1. The normalized spacial score (nSPS) is 21.3. The molecule has 1 fully saturated rings. The molecule has 3 N–H and O–H groups in total. The average molecular weight is 282 g/mol. The standard InChI is InChI=1S/C16H18N4O/c17-15(21)16(5-2-6-20-16)8-12-3-1-4-13(7-12)14-9-18-11-19-10-14/h1,3-4,7,9-11,20H,2,5-6,8H2,(H2,17,21)/t16-/m1/s1. The predicted molar refractivity (Wildman–Crippen MR) is 80.3 cm³/mol. The molecule has 21 heavy (non-hydrogen) atoms. The number of rotatable bonds is 4. The summed E-state index contributed by atoms with van der Waals surface area (Å²) < 4.78 is 0. The minimum Gasteiger partial charge on any atom is -0.368 e. The van der Waals surface area contributed by atoms with E-state index in [2.05, 4.69) is 21.4 Å². The van der Waals surface area contributed by atoms with Crippen LogP contribution in [0, 0.1) is 0 Å². The maximum absolute atomic E-state index is 11.8. The van der Waals surface area contributed by atoms with Crippen LogP contribution in [0.2, 0.25) is 0 Å². The molecule has 0 aliphatic carbocycles. The van der Waals surface area contributed by atoms with Gasteiger partial charge in [0.15, 0.2) is 0 Å². The van der Waals surface area contributed by atoms with Crippen LogP contribution in [0.5, 0.6) is 0 Å². The summed E-state index contributed by atoms with van der Waals surface area (Å²) in [6, 6.07) is 8.10. The Morgan fingerprint density at radius 1 is 1.29 bits per heavy atom. The van der Waals surface area contributed by atoms with Crippen LogP contribution in [0.4, 0.5) is 0 Å². The summed E-state index contributed by atoms with van der Waals surface area (Å²) in [5.41, 5.74) is 8.10. The number of aromatic nitrogens is 2. The zero-order chi connectivity index (χ0) is 14.7. The minimum absolute atomic E-state index is 0.270. The van der Waals surface area contributed by atoms with Crippen molar-refractivity contribution in [2.75, 3.05) is 6.54 Å². The predicted octanol–water partition coefficient (Wildman–Crippen LogP) is 1.29. The van der Waals surface area contributed by atoms with Gasteiger partial charge in [0.25, 0.3) is 0 Å². The first-order valence-corrected chi connectivity index (χ1v) is 7.09. The summed E-state index contributed by atoms with van der Waals surface area (Å²) in [6.07, 6.45) is 7.46. The van der Waals surface area contributed by atoms with E-state index in [4.69, 9.17) is 5.73 Å². The lowest BCUT2D eigenvalue weighted by Crippen LogP contribution is -2.53. The Labute approximate surface area is 123 Å². The summed E-state index contributed by atoms with van der Waals surface area (Å²) in [7, 11) is 0. The molecule has 5 nitrogen and oxygen atoms in total. The van der Waals surface area contributed by atoms with Crippen molar-refractivity contribution >= 4 is 5.91 Å². The smallest absolute Gasteiger partial charge is 0.238 e. The monoisotopic (exact) mass is 282 g/mol. The first-order valence-electron chi connectivity index (χ1n) is 7.09. The van der Waals surface area contributed by atoms with Gasteiger partial charge < -0.3 is 11.1 Å². The van der Waals surface area contributed by atoms with Crippen molar-refractivity contribution < 1.29 is 4.79 Å². The third kappa shape index (κ3) is 2.78. The number of carbonyl (C=O) groups is 1. The highest BCUT2D eigenvalue weighted by Crippen LogP contribution is 2.26. The lowest BCUT2D eigenvalue weighted by Gasteiger charge is -2.26. The molecule has 2 heterocycles. The van der Waals surface area contributed by atoms with Crippen LogP contribution in [0.3, 0.4) is 0 Å². The molecule has 0 radical (unpaired) electrons. The fourth-order valence-electron chi connectivity index (χ4n) is 2.91. The van der Waals surface area contributed by atoms with Crippen molar-refractivity contribution in [2.45, 2.75) is 24.8 Å². The van der Waals surface area contributed by atoms with Gasteiger partial charge in [-0.3, -0.25) is 4.79 Å². The topological polar surface area (TPSA) is 80.9 Å². The molecule has 1 aliphatic heterocycles. The molecule has 5 heteroatoms. The first kappa shape index (κ1) is 13.7. The third-order valence-corrected chi connectivity index (χ3v) is 4.04.